The quantitative estimate of drug-likeness (QED) is 0.147. The molecule has 1 unspecified atom stereocenters. The third-order valence-electron chi connectivity index (χ3n) is 8.59. The summed E-state index contributed by atoms with van der Waals surface area (Å²) in [6, 6.07) is 21.7. The summed E-state index contributed by atoms with van der Waals surface area (Å²) in [6.45, 7) is 0. The lowest BCUT2D eigenvalue weighted by molar-refractivity contribution is -0.185. The van der Waals surface area contributed by atoms with Crippen LogP contribution in [0.1, 0.15) is 27.7 Å². The minimum absolute atomic E-state index is 0.0274. The van der Waals surface area contributed by atoms with Gasteiger partial charge >= 0.3 is 11.9 Å². The highest BCUT2D eigenvalue weighted by atomic mass is 35.5. The van der Waals surface area contributed by atoms with E-state index in [2.05, 4.69) is 15.0 Å². The standard InChI is InChI=1S/C32H26ClN5O8/c33-30-36-25(34)21-26(37-30)38(15-35-21)27-22(39)32(44)23(45-27)24(32)46-31(29(42)43,18-6-2-1-3-7-18)14-16-10-12-17(13-11-16)19-8-4-5-9-20(19)28(40)41/h1-13,15,22-24,27,39,44H,14H2,(H,40,41)(H,42,43)(H2,34,36,37)/t22-,23+,24?,27+,31-,32-/m0/s1. The van der Waals surface area contributed by atoms with Gasteiger partial charge in [-0.15, -0.1) is 0 Å². The molecule has 0 bridgehead atoms. The van der Waals surface area contributed by atoms with E-state index in [1.165, 1.54) is 17.0 Å². The Hall–Kier alpha value is -4.92. The maximum absolute atomic E-state index is 13.1. The maximum Gasteiger partial charge on any atom is 0.341 e. The van der Waals surface area contributed by atoms with Crippen LogP contribution in [0.5, 0.6) is 0 Å². The van der Waals surface area contributed by atoms with Crippen molar-refractivity contribution in [2.45, 2.75) is 42.2 Å². The van der Waals surface area contributed by atoms with Crippen LogP contribution < -0.4 is 5.73 Å². The molecule has 1 saturated carbocycles. The van der Waals surface area contributed by atoms with Gasteiger partial charge in [-0.05, 0) is 39.9 Å². The molecule has 2 aromatic heterocycles. The van der Waals surface area contributed by atoms with E-state index in [-0.39, 0.29) is 34.2 Å². The van der Waals surface area contributed by atoms with Crippen LogP contribution in [-0.2, 0) is 26.3 Å². The van der Waals surface area contributed by atoms with Crippen LogP contribution in [0.4, 0.5) is 5.82 Å². The lowest BCUT2D eigenvalue weighted by Gasteiger charge is -2.33. The number of fused-ring (bicyclic) bond motifs is 2. The molecule has 1 aliphatic carbocycles. The Morgan fingerprint density at radius 2 is 1.72 bits per heavy atom. The molecule has 1 aliphatic heterocycles. The van der Waals surface area contributed by atoms with Crippen molar-refractivity contribution in [3.63, 3.8) is 0 Å². The molecule has 6 N–H and O–H groups in total. The number of carbonyl (C=O) groups is 2. The molecule has 13 nitrogen and oxygen atoms in total. The summed E-state index contributed by atoms with van der Waals surface area (Å²) in [5.41, 5.74) is 4.52. The number of nitrogens with two attached hydrogens (primary N) is 1. The van der Waals surface area contributed by atoms with Gasteiger partial charge in [0.25, 0.3) is 0 Å². The van der Waals surface area contributed by atoms with Crippen molar-refractivity contribution in [2.75, 3.05) is 5.73 Å². The van der Waals surface area contributed by atoms with Crippen molar-refractivity contribution in [3.8, 4) is 11.1 Å². The number of imidazole rings is 1. The molecule has 6 atom stereocenters. The maximum atomic E-state index is 13.1. The number of aromatic nitrogens is 4. The lowest BCUT2D eigenvalue weighted by atomic mass is 9.86. The van der Waals surface area contributed by atoms with E-state index >= 15 is 0 Å². The average Bonchev–Trinajstić information content (AvgIpc) is 3.27. The van der Waals surface area contributed by atoms with E-state index in [9.17, 15) is 30.0 Å². The zero-order valence-electron chi connectivity index (χ0n) is 23.8. The first-order chi connectivity index (χ1) is 22.0. The monoisotopic (exact) mass is 643 g/mol. The number of benzene rings is 3. The van der Waals surface area contributed by atoms with Crippen LogP contribution >= 0.6 is 11.6 Å². The van der Waals surface area contributed by atoms with E-state index in [0.29, 0.717) is 22.3 Å². The Kier molecular flexibility index (Phi) is 7.03. The molecule has 5 aromatic rings. The molecule has 3 heterocycles. The SMILES string of the molecule is Nc1nc(Cl)nc2c1ncn2[C@@H]1O[C@@H]2C(O[C@](Cc3ccc(-c4ccccc4C(=O)O)cc3)(C(=O)O)c3ccccc3)[C@]2(O)[C@H]1O. The topological polar surface area (TPSA) is 203 Å². The predicted molar refractivity (Wildman–Crippen MR) is 163 cm³/mol. The van der Waals surface area contributed by atoms with Gasteiger partial charge in [0.05, 0.1) is 11.9 Å². The van der Waals surface area contributed by atoms with Gasteiger partial charge in [-0.2, -0.15) is 9.97 Å². The largest absolute Gasteiger partial charge is 0.479 e. The summed E-state index contributed by atoms with van der Waals surface area (Å²) in [4.78, 5) is 37.0. The number of rotatable bonds is 9. The molecule has 7 rings (SSSR count). The number of aliphatic hydroxyl groups excluding tert-OH is 1. The van der Waals surface area contributed by atoms with Gasteiger partial charge in [0.15, 0.2) is 28.9 Å². The number of hydrogen-bond donors (Lipinski definition) is 5. The molecule has 0 radical (unpaired) electrons. The van der Waals surface area contributed by atoms with Crippen LogP contribution in [0.3, 0.4) is 0 Å². The van der Waals surface area contributed by atoms with Gasteiger partial charge in [-0.1, -0.05) is 72.8 Å². The molecule has 3 aromatic carbocycles. The number of nitrogens with zero attached hydrogens (tertiary/aromatic N) is 4. The van der Waals surface area contributed by atoms with Crippen molar-refractivity contribution in [1.82, 2.24) is 19.5 Å². The van der Waals surface area contributed by atoms with Gasteiger partial charge in [-0.25, -0.2) is 14.6 Å². The fourth-order valence-electron chi connectivity index (χ4n) is 6.17. The van der Waals surface area contributed by atoms with Crippen LogP contribution in [-0.4, -0.2) is 75.8 Å². The minimum Gasteiger partial charge on any atom is -0.479 e. The first-order valence-electron chi connectivity index (χ1n) is 14.1. The Morgan fingerprint density at radius 1 is 1.02 bits per heavy atom. The number of aromatic carboxylic acids is 1. The number of anilines is 1. The van der Waals surface area contributed by atoms with E-state index in [4.69, 9.17) is 26.8 Å². The zero-order chi connectivity index (χ0) is 32.4. The molecule has 2 fully saturated rings. The third-order valence-corrected chi connectivity index (χ3v) is 8.76. The second kappa shape index (κ2) is 10.9. The number of carboxylic acids is 2. The predicted octanol–water partition coefficient (Wildman–Crippen LogP) is 3.04. The molecule has 0 spiro atoms. The molecule has 14 heteroatoms. The Labute approximate surface area is 265 Å². The number of hydrogen-bond acceptors (Lipinski definition) is 10. The summed E-state index contributed by atoms with van der Waals surface area (Å²) in [5.74, 6) is -2.36. The highest BCUT2D eigenvalue weighted by Crippen LogP contribution is 2.57. The van der Waals surface area contributed by atoms with Crippen molar-refractivity contribution < 1.29 is 39.5 Å². The fourth-order valence-corrected chi connectivity index (χ4v) is 6.34. The minimum atomic E-state index is -2.00. The molecular formula is C32H26ClN5O8. The Bertz CT molecular complexity index is 1990. The molecule has 2 aliphatic rings. The number of carboxylic acid groups (broad SMARTS) is 2. The van der Waals surface area contributed by atoms with Crippen molar-refractivity contribution in [1.29, 1.82) is 0 Å². The van der Waals surface area contributed by atoms with Gasteiger partial charge in [0, 0.05) is 6.42 Å². The van der Waals surface area contributed by atoms with Crippen LogP contribution in [0.2, 0.25) is 5.28 Å². The molecule has 46 heavy (non-hydrogen) atoms. The highest BCUT2D eigenvalue weighted by Gasteiger charge is 2.79. The normalized spacial score (nSPS) is 24.8. The first-order valence-corrected chi connectivity index (χ1v) is 14.5. The fraction of sp³-hybridized carbons (Fsp3) is 0.219. The van der Waals surface area contributed by atoms with Crippen LogP contribution in [0.25, 0.3) is 22.3 Å². The van der Waals surface area contributed by atoms with E-state index in [1.54, 1.807) is 72.8 Å². The lowest BCUT2D eigenvalue weighted by Crippen LogP contribution is -2.45. The number of halogens is 1. The van der Waals surface area contributed by atoms with Crippen LogP contribution in [0.15, 0.2) is 85.2 Å². The number of ether oxygens (including phenoxy) is 2. The van der Waals surface area contributed by atoms with Crippen molar-refractivity contribution >= 4 is 40.5 Å². The van der Waals surface area contributed by atoms with Gasteiger partial charge < -0.3 is 35.6 Å². The van der Waals surface area contributed by atoms with E-state index in [1.807, 2.05) is 0 Å². The summed E-state index contributed by atoms with van der Waals surface area (Å²) in [5, 5.41) is 43.0. The summed E-state index contributed by atoms with van der Waals surface area (Å²) < 4.78 is 13.7. The number of aliphatic carboxylic acids is 1. The van der Waals surface area contributed by atoms with Crippen molar-refractivity contribution in [3.05, 3.63) is 107 Å². The van der Waals surface area contributed by atoms with E-state index in [0.717, 1.165) is 0 Å². The summed E-state index contributed by atoms with van der Waals surface area (Å²) >= 11 is 5.97. The Morgan fingerprint density at radius 3 is 2.37 bits per heavy atom. The molecular weight excluding hydrogens is 618 g/mol. The molecule has 1 saturated heterocycles. The summed E-state index contributed by atoms with van der Waals surface area (Å²) in [6.07, 6.45) is -3.85. The van der Waals surface area contributed by atoms with Gasteiger partial charge in [0.1, 0.15) is 23.8 Å². The van der Waals surface area contributed by atoms with Gasteiger partial charge in [-0.3, -0.25) is 4.57 Å². The molecule has 0 amide bonds. The highest BCUT2D eigenvalue weighted by molar-refractivity contribution is 6.28. The number of aliphatic hydroxyl groups is 2. The zero-order valence-corrected chi connectivity index (χ0v) is 24.5. The third kappa shape index (κ3) is 4.59. The first kappa shape index (κ1) is 29.8. The van der Waals surface area contributed by atoms with Gasteiger partial charge in [0.2, 0.25) is 5.28 Å². The summed E-state index contributed by atoms with van der Waals surface area (Å²) in [7, 11) is 0. The van der Waals surface area contributed by atoms with Crippen molar-refractivity contribution in [2.24, 2.45) is 0 Å². The average molecular weight is 644 g/mol. The van der Waals surface area contributed by atoms with Crippen LogP contribution in [0, 0.1) is 0 Å². The number of nitrogen functional groups attached to an aromatic ring is 1. The second-order valence-corrected chi connectivity index (χ2v) is 11.6. The second-order valence-electron chi connectivity index (χ2n) is 11.2. The Balaban J connectivity index is 1.19. The smallest absolute Gasteiger partial charge is 0.341 e. The molecule has 234 valence electrons. The van der Waals surface area contributed by atoms with E-state index < -0.39 is 47.7 Å².